The molecular weight excluding hydrogens is 284 g/mol. The van der Waals surface area contributed by atoms with Gasteiger partial charge in [-0.25, -0.2) is 0 Å². The molecule has 0 saturated carbocycles. The summed E-state index contributed by atoms with van der Waals surface area (Å²) in [6.45, 7) is 6.04. The SMILES string of the molecule is CC(=O)c1cc(OCCc2ccsc2)cc(OC(C)C)c1. The Morgan fingerprint density at radius 1 is 1.24 bits per heavy atom. The number of hydrogen-bond acceptors (Lipinski definition) is 4. The molecule has 112 valence electrons. The summed E-state index contributed by atoms with van der Waals surface area (Å²) >= 11 is 1.68. The van der Waals surface area contributed by atoms with E-state index < -0.39 is 0 Å². The quantitative estimate of drug-likeness (QED) is 0.713. The summed E-state index contributed by atoms with van der Waals surface area (Å²) in [6.07, 6.45) is 0.916. The minimum absolute atomic E-state index is 0.00638. The molecule has 2 rings (SSSR count). The van der Waals surface area contributed by atoms with Crippen molar-refractivity contribution in [3.8, 4) is 11.5 Å². The van der Waals surface area contributed by atoms with Gasteiger partial charge in [0.25, 0.3) is 0 Å². The summed E-state index contributed by atoms with van der Waals surface area (Å²) in [5, 5.41) is 4.17. The lowest BCUT2D eigenvalue weighted by atomic mass is 10.1. The van der Waals surface area contributed by atoms with Gasteiger partial charge in [0, 0.05) is 18.1 Å². The zero-order valence-corrected chi connectivity index (χ0v) is 13.4. The minimum Gasteiger partial charge on any atom is -0.493 e. The molecule has 0 fully saturated rings. The highest BCUT2D eigenvalue weighted by molar-refractivity contribution is 7.07. The highest BCUT2D eigenvalue weighted by Gasteiger charge is 2.08. The third-order valence-corrected chi connectivity index (χ3v) is 3.63. The maximum Gasteiger partial charge on any atom is 0.160 e. The fourth-order valence-corrected chi connectivity index (χ4v) is 2.62. The molecule has 0 aliphatic carbocycles. The maximum absolute atomic E-state index is 11.6. The number of benzene rings is 1. The number of ether oxygens (including phenoxy) is 2. The summed E-state index contributed by atoms with van der Waals surface area (Å²) in [7, 11) is 0. The Morgan fingerprint density at radius 3 is 2.62 bits per heavy atom. The largest absolute Gasteiger partial charge is 0.493 e. The molecule has 1 aromatic heterocycles. The Kier molecular flexibility index (Phi) is 5.39. The lowest BCUT2D eigenvalue weighted by Crippen LogP contribution is -2.07. The second-order valence-electron chi connectivity index (χ2n) is 5.15. The van der Waals surface area contributed by atoms with Gasteiger partial charge in [-0.1, -0.05) is 0 Å². The molecule has 3 nitrogen and oxygen atoms in total. The van der Waals surface area contributed by atoms with Crippen molar-refractivity contribution in [1.29, 1.82) is 0 Å². The third-order valence-electron chi connectivity index (χ3n) is 2.90. The van der Waals surface area contributed by atoms with Gasteiger partial charge >= 0.3 is 0 Å². The van der Waals surface area contributed by atoms with Gasteiger partial charge in [-0.15, -0.1) is 0 Å². The Balaban J connectivity index is 2.06. The van der Waals surface area contributed by atoms with Crippen LogP contribution in [0.15, 0.2) is 35.0 Å². The Morgan fingerprint density at radius 2 is 2.00 bits per heavy atom. The third kappa shape index (κ3) is 4.90. The van der Waals surface area contributed by atoms with Crippen molar-refractivity contribution >= 4 is 17.1 Å². The standard InChI is InChI=1S/C17H20O3S/c1-12(2)20-17-9-15(13(3)18)8-16(10-17)19-6-4-14-5-7-21-11-14/h5,7-12H,4,6H2,1-3H3. The summed E-state index contributed by atoms with van der Waals surface area (Å²) in [5.74, 6) is 1.35. The van der Waals surface area contributed by atoms with Crippen molar-refractivity contribution < 1.29 is 14.3 Å². The van der Waals surface area contributed by atoms with Crippen LogP contribution in [0.5, 0.6) is 11.5 Å². The van der Waals surface area contributed by atoms with E-state index in [4.69, 9.17) is 9.47 Å². The van der Waals surface area contributed by atoms with E-state index in [1.165, 1.54) is 5.56 Å². The molecule has 0 aliphatic heterocycles. The highest BCUT2D eigenvalue weighted by Crippen LogP contribution is 2.24. The van der Waals surface area contributed by atoms with Crippen LogP contribution in [-0.4, -0.2) is 18.5 Å². The van der Waals surface area contributed by atoms with Crippen LogP contribution in [0.25, 0.3) is 0 Å². The predicted molar refractivity (Wildman–Crippen MR) is 85.7 cm³/mol. The molecule has 0 atom stereocenters. The lowest BCUT2D eigenvalue weighted by Gasteiger charge is -2.13. The molecule has 1 heterocycles. The fourth-order valence-electron chi connectivity index (χ4n) is 1.92. The highest BCUT2D eigenvalue weighted by atomic mass is 32.1. The first-order valence-corrected chi connectivity index (χ1v) is 7.95. The summed E-state index contributed by atoms with van der Waals surface area (Å²) in [6, 6.07) is 7.45. The van der Waals surface area contributed by atoms with Gasteiger partial charge in [-0.2, -0.15) is 11.3 Å². The molecule has 0 bridgehead atoms. The van der Waals surface area contributed by atoms with Crippen molar-refractivity contribution in [3.05, 3.63) is 46.2 Å². The number of hydrogen-bond donors (Lipinski definition) is 0. The molecular formula is C17H20O3S. The summed E-state index contributed by atoms with van der Waals surface area (Å²) < 4.78 is 11.4. The average molecular weight is 304 g/mol. The van der Waals surface area contributed by atoms with Crippen molar-refractivity contribution in [2.45, 2.75) is 33.3 Å². The zero-order chi connectivity index (χ0) is 15.2. The van der Waals surface area contributed by atoms with Gasteiger partial charge in [0.2, 0.25) is 0 Å². The predicted octanol–water partition coefficient (Wildman–Crippen LogP) is 4.36. The lowest BCUT2D eigenvalue weighted by molar-refractivity contribution is 0.101. The van der Waals surface area contributed by atoms with Gasteiger partial charge in [0.05, 0.1) is 12.7 Å². The van der Waals surface area contributed by atoms with E-state index >= 15 is 0 Å². The molecule has 1 aromatic carbocycles. The van der Waals surface area contributed by atoms with Crippen molar-refractivity contribution in [1.82, 2.24) is 0 Å². The number of ketones is 1. The van der Waals surface area contributed by atoms with E-state index in [9.17, 15) is 4.79 Å². The Bertz CT molecular complexity index is 588. The van der Waals surface area contributed by atoms with Crippen molar-refractivity contribution in [3.63, 3.8) is 0 Å². The first kappa shape index (κ1) is 15.6. The molecule has 21 heavy (non-hydrogen) atoms. The number of carbonyl (C=O) groups is 1. The minimum atomic E-state index is 0.00638. The van der Waals surface area contributed by atoms with Gasteiger partial charge in [0.1, 0.15) is 11.5 Å². The fraction of sp³-hybridized carbons (Fsp3) is 0.353. The van der Waals surface area contributed by atoms with E-state index in [-0.39, 0.29) is 11.9 Å². The first-order valence-electron chi connectivity index (χ1n) is 7.01. The smallest absolute Gasteiger partial charge is 0.160 e. The van der Waals surface area contributed by atoms with Gasteiger partial charge < -0.3 is 9.47 Å². The Hall–Kier alpha value is -1.81. The van der Waals surface area contributed by atoms with Crippen LogP contribution in [-0.2, 0) is 6.42 Å². The molecule has 0 amide bonds. The molecule has 0 saturated heterocycles. The van der Waals surface area contributed by atoms with Crippen LogP contribution >= 0.6 is 11.3 Å². The number of carbonyl (C=O) groups excluding carboxylic acids is 1. The maximum atomic E-state index is 11.6. The van der Waals surface area contributed by atoms with Gasteiger partial charge in [-0.05, 0) is 55.3 Å². The van der Waals surface area contributed by atoms with Crippen molar-refractivity contribution in [2.24, 2.45) is 0 Å². The summed E-state index contributed by atoms with van der Waals surface area (Å²) in [4.78, 5) is 11.6. The summed E-state index contributed by atoms with van der Waals surface area (Å²) in [5.41, 5.74) is 1.88. The molecule has 0 N–H and O–H groups in total. The van der Waals surface area contributed by atoms with Crippen LogP contribution in [0.2, 0.25) is 0 Å². The molecule has 0 spiro atoms. The van der Waals surface area contributed by atoms with Crippen LogP contribution in [0.1, 0.15) is 36.7 Å². The molecule has 2 aromatic rings. The average Bonchev–Trinajstić information content (AvgIpc) is 2.90. The van der Waals surface area contributed by atoms with E-state index in [2.05, 4.69) is 16.8 Å². The van der Waals surface area contributed by atoms with Crippen LogP contribution in [0, 0.1) is 0 Å². The Labute approximate surface area is 129 Å². The monoisotopic (exact) mass is 304 g/mol. The first-order chi connectivity index (χ1) is 10.0. The molecule has 0 unspecified atom stereocenters. The van der Waals surface area contributed by atoms with Gasteiger partial charge in [-0.3, -0.25) is 4.79 Å². The van der Waals surface area contributed by atoms with E-state index in [0.717, 1.165) is 6.42 Å². The second-order valence-corrected chi connectivity index (χ2v) is 5.93. The second kappa shape index (κ2) is 7.27. The zero-order valence-electron chi connectivity index (χ0n) is 12.6. The van der Waals surface area contributed by atoms with Crippen molar-refractivity contribution in [2.75, 3.05) is 6.61 Å². The molecule has 0 radical (unpaired) electrons. The number of Topliss-reactive ketones (excluding diaryl/α,β-unsaturated/α-hetero) is 1. The van der Waals surface area contributed by atoms with E-state index in [1.54, 1.807) is 30.4 Å². The number of thiophene rings is 1. The normalized spacial score (nSPS) is 10.7. The molecule has 4 heteroatoms. The van der Waals surface area contributed by atoms with Crippen LogP contribution < -0.4 is 9.47 Å². The van der Waals surface area contributed by atoms with E-state index in [0.29, 0.717) is 23.7 Å². The molecule has 0 aliphatic rings. The number of rotatable bonds is 7. The van der Waals surface area contributed by atoms with Crippen LogP contribution in [0.4, 0.5) is 0 Å². The van der Waals surface area contributed by atoms with Crippen LogP contribution in [0.3, 0.4) is 0 Å². The van der Waals surface area contributed by atoms with E-state index in [1.807, 2.05) is 19.9 Å². The topological polar surface area (TPSA) is 35.5 Å². The van der Waals surface area contributed by atoms with Gasteiger partial charge in [0.15, 0.2) is 5.78 Å².